The Morgan fingerprint density at radius 3 is 2.71 bits per heavy atom. The fourth-order valence-electron chi connectivity index (χ4n) is 0.893. The van der Waals surface area contributed by atoms with Crippen LogP contribution in [0.1, 0.15) is 5.56 Å². The number of hydrogen-bond donors (Lipinski definition) is 1. The van der Waals surface area contributed by atoms with Gasteiger partial charge in [0, 0.05) is 11.6 Å². The van der Waals surface area contributed by atoms with Crippen LogP contribution in [0.25, 0.3) is 0 Å². The van der Waals surface area contributed by atoms with Crippen LogP contribution in [0.2, 0.25) is 0 Å². The number of hydrazone groups is 1. The van der Waals surface area contributed by atoms with Crippen molar-refractivity contribution in [2.45, 2.75) is 6.61 Å². The maximum Gasteiger partial charge on any atom is 0.387 e. The van der Waals surface area contributed by atoms with Gasteiger partial charge in [0.25, 0.3) is 0 Å². The van der Waals surface area contributed by atoms with Gasteiger partial charge in [0.1, 0.15) is 11.6 Å². The van der Waals surface area contributed by atoms with Crippen LogP contribution >= 0.6 is 0 Å². The average Bonchev–Trinajstić information content (AvgIpc) is 2.09. The minimum atomic E-state index is -3.01. The predicted molar refractivity (Wildman–Crippen MR) is 44.8 cm³/mol. The normalized spacial score (nSPS) is 11.1. The van der Waals surface area contributed by atoms with E-state index in [0.29, 0.717) is 0 Å². The lowest BCUT2D eigenvalue weighted by Gasteiger charge is -2.06. The average molecular weight is 204 g/mol. The minimum absolute atomic E-state index is 0.189. The smallest absolute Gasteiger partial charge is 0.387 e. The number of alkyl halides is 2. The van der Waals surface area contributed by atoms with Gasteiger partial charge in [-0.05, 0) is 12.1 Å². The third kappa shape index (κ3) is 2.65. The van der Waals surface area contributed by atoms with Gasteiger partial charge in [0.15, 0.2) is 0 Å². The van der Waals surface area contributed by atoms with Crippen LogP contribution in [0.4, 0.5) is 13.2 Å². The number of benzene rings is 1. The molecule has 0 saturated carbocycles. The lowest BCUT2D eigenvalue weighted by atomic mass is 10.2. The molecular formula is C8H7F3N2O. The van der Waals surface area contributed by atoms with E-state index in [1.165, 1.54) is 6.07 Å². The molecule has 0 unspecified atom stereocenters. The molecule has 0 heterocycles. The van der Waals surface area contributed by atoms with Crippen molar-refractivity contribution in [1.82, 2.24) is 0 Å². The second kappa shape index (κ2) is 4.50. The van der Waals surface area contributed by atoms with E-state index in [2.05, 4.69) is 9.84 Å². The first-order chi connectivity index (χ1) is 6.63. The Kier molecular flexibility index (Phi) is 3.33. The van der Waals surface area contributed by atoms with Gasteiger partial charge >= 0.3 is 6.61 Å². The van der Waals surface area contributed by atoms with Gasteiger partial charge in [-0.15, -0.1) is 0 Å². The molecule has 0 aliphatic rings. The van der Waals surface area contributed by atoms with Crippen molar-refractivity contribution in [1.29, 1.82) is 0 Å². The van der Waals surface area contributed by atoms with Gasteiger partial charge in [-0.25, -0.2) is 4.39 Å². The summed E-state index contributed by atoms with van der Waals surface area (Å²) in [4.78, 5) is 0. The van der Waals surface area contributed by atoms with Crippen LogP contribution in [-0.4, -0.2) is 12.8 Å². The summed E-state index contributed by atoms with van der Waals surface area (Å²) in [5.41, 5.74) is 0.189. The third-order valence-electron chi connectivity index (χ3n) is 1.41. The van der Waals surface area contributed by atoms with Crippen molar-refractivity contribution in [3.05, 3.63) is 29.6 Å². The monoisotopic (exact) mass is 204 g/mol. The Morgan fingerprint density at radius 2 is 2.14 bits per heavy atom. The van der Waals surface area contributed by atoms with Gasteiger partial charge in [0.05, 0.1) is 6.21 Å². The van der Waals surface area contributed by atoms with Crippen molar-refractivity contribution in [3.8, 4) is 5.75 Å². The summed E-state index contributed by atoms with van der Waals surface area (Å²) in [5.74, 6) is 3.86. The Labute approximate surface area is 78.0 Å². The van der Waals surface area contributed by atoms with Gasteiger partial charge in [0.2, 0.25) is 0 Å². The SMILES string of the molecule is NN=Cc1ccc(F)cc1OC(F)F. The molecule has 1 aromatic carbocycles. The van der Waals surface area contributed by atoms with Crippen LogP contribution < -0.4 is 10.6 Å². The summed E-state index contributed by atoms with van der Waals surface area (Å²) in [6.07, 6.45) is 1.09. The molecule has 2 N–H and O–H groups in total. The molecule has 0 radical (unpaired) electrons. The summed E-state index contributed by atoms with van der Waals surface area (Å²) >= 11 is 0. The summed E-state index contributed by atoms with van der Waals surface area (Å²) in [6.45, 7) is -3.01. The van der Waals surface area contributed by atoms with Crippen LogP contribution in [0.3, 0.4) is 0 Å². The Balaban J connectivity index is 3.02. The highest BCUT2D eigenvalue weighted by Crippen LogP contribution is 2.20. The van der Waals surface area contributed by atoms with Gasteiger partial charge < -0.3 is 10.6 Å². The molecule has 0 aromatic heterocycles. The largest absolute Gasteiger partial charge is 0.434 e. The Hall–Kier alpha value is -1.72. The lowest BCUT2D eigenvalue weighted by molar-refractivity contribution is -0.0500. The number of hydrogen-bond acceptors (Lipinski definition) is 3. The zero-order valence-corrected chi connectivity index (χ0v) is 6.95. The summed E-state index contributed by atoms with van der Waals surface area (Å²) in [7, 11) is 0. The standard InChI is InChI=1S/C8H7F3N2O/c9-6-2-1-5(4-13-12)7(3-6)14-8(10)11/h1-4,8H,12H2. The lowest BCUT2D eigenvalue weighted by Crippen LogP contribution is -2.05. The Morgan fingerprint density at radius 1 is 1.43 bits per heavy atom. The molecule has 14 heavy (non-hydrogen) atoms. The molecular weight excluding hydrogens is 197 g/mol. The number of halogens is 3. The van der Waals surface area contributed by atoms with Gasteiger partial charge in [-0.2, -0.15) is 13.9 Å². The Bertz CT molecular complexity index is 341. The molecule has 0 spiro atoms. The zero-order chi connectivity index (χ0) is 10.6. The van der Waals surface area contributed by atoms with Crippen molar-refractivity contribution < 1.29 is 17.9 Å². The first-order valence-electron chi connectivity index (χ1n) is 3.61. The van der Waals surface area contributed by atoms with Crippen LogP contribution in [0, 0.1) is 5.82 Å². The van der Waals surface area contributed by atoms with E-state index in [1.54, 1.807) is 0 Å². The second-order valence-corrected chi connectivity index (χ2v) is 2.34. The third-order valence-corrected chi connectivity index (χ3v) is 1.41. The number of rotatable bonds is 3. The molecule has 6 heteroatoms. The predicted octanol–water partition coefficient (Wildman–Crippen LogP) is 1.72. The summed E-state index contributed by atoms with van der Waals surface area (Å²) in [6, 6.07) is 3.17. The fraction of sp³-hybridized carbons (Fsp3) is 0.125. The van der Waals surface area contributed by atoms with Crippen molar-refractivity contribution >= 4 is 6.21 Å². The molecule has 1 rings (SSSR count). The summed E-state index contributed by atoms with van der Waals surface area (Å²) in [5, 5.41) is 3.13. The highest BCUT2D eigenvalue weighted by Gasteiger charge is 2.09. The molecule has 0 aliphatic heterocycles. The van der Waals surface area contributed by atoms with Crippen LogP contribution in [0.5, 0.6) is 5.75 Å². The van der Waals surface area contributed by atoms with Crippen molar-refractivity contribution in [2.24, 2.45) is 10.9 Å². The van der Waals surface area contributed by atoms with E-state index in [9.17, 15) is 13.2 Å². The summed E-state index contributed by atoms with van der Waals surface area (Å²) < 4.78 is 40.4. The highest BCUT2D eigenvalue weighted by molar-refractivity contribution is 5.83. The van der Waals surface area contributed by atoms with Crippen molar-refractivity contribution in [2.75, 3.05) is 0 Å². The van der Waals surface area contributed by atoms with Gasteiger partial charge in [-0.1, -0.05) is 0 Å². The van der Waals surface area contributed by atoms with Crippen molar-refractivity contribution in [3.63, 3.8) is 0 Å². The molecule has 0 fully saturated rings. The molecule has 1 aromatic rings. The van der Waals surface area contributed by atoms with E-state index in [4.69, 9.17) is 5.84 Å². The maximum absolute atomic E-state index is 12.6. The number of nitrogens with two attached hydrogens (primary N) is 1. The molecule has 0 amide bonds. The first-order valence-corrected chi connectivity index (χ1v) is 3.61. The molecule has 76 valence electrons. The molecule has 3 nitrogen and oxygen atoms in total. The van der Waals surface area contributed by atoms with E-state index in [1.807, 2.05) is 0 Å². The minimum Gasteiger partial charge on any atom is -0.434 e. The van der Waals surface area contributed by atoms with E-state index in [0.717, 1.165) is 18.3 Å². The quantitative estimate of drug-likeness (QED) is 0.463. The van der Waals surface area contributed by atoms with E-state index < -0.39 is 12.4 Å². The molecule has 0 atom stereocenters. The topological polar surface area (TPSA) is 47.6 Å². The maximum atomic E-state index is 12.6. The second-order valence-electron chi connectivity index (χ2n) is 2.34. The van der Waals surface area contributed by atoms with Crippen LogP contribution in [-0.2, 0) is 0 Å². The van der Waals surface area contributed by atoms with E-state index >= 15 is 0 Å². The first kappa shape index (κ1) is 10.4. The zero-order valence-electron chi connectivity index (χ0n) is 6.95. The number of ether oxygens (including phenoxy) is 1. The van der Waals surface area contributed by atoms with E-state index in [-0.39, 0.29) is 11.3 Å². The molecule has 0 bridgehead atoms. The highest BCUT2D eigenvalue weighted by atomic mass is 19.3. The fourth-order valence-corrected chi connectivity index (χ4v) is 0.893. The molecule has 0 aliphatic carbocycles. The van der Waals surface area contributed by atoms with Gasteiger partial charge in [-0.3, -0.25) is 0 Å². The van der Waals surface area contributed by atoms with Crippen LogP contribution in [0.15, 0.2) is 23.3 Å². The number of nitrogens with zero attached hydrogens (tertiary/aromatic N) is 1. The molecule has 0 saturated heterocycles.